The SMILES string of the molecule is Cc1cc(SCc2ccccc2C)c([C@H](C)N)cc1F. The normalized spacial score (nSPS) is 12.4. The third-order valence-corrected chi connectivity index (χ3v) is 4.55. The van der Waals surface area contributed by atoms with Crippen molar-refractivity contribution < 1.29 is 4.39 Å². The Morgan fingerprint density at radius 2 is 1.85 bits per heavy atom. The number of hydrogen-bond acceptors (Lipinski definition) is 2. The summed E-state index contributed by atoms with van der Waals surface area (Å²) in [5, 5.41) is 0. The first-order valence-corrected chi connectivity index (χ1v) is 7.70. The molecule has 0 saturated carbocycles. The monoisotopic (exact) mass is 289 g/mol. The summed E-state index contributed by atoms with van der Waals surface area (Å²) in [7, 11) is 0. The van der Waals surface area contributed by atoms with Crippen molar-refractivity contribution >= 4 is 11.8 Å². The zero-order valence-corrected chi connectivity index (χ0v) is 12.9. The molecule has 1 atom stereocenters. The molecule has 0 bridgehead atoms. The van der Waals surface area contributed by atoms with Crippen LogP contribution in [-0.2, 0) is 5.75 Å². The predicted molar refractivity (Wildman–Crippen MR) is 84.5 cm³/mol. The second kappa shape index (κ2) is 6.42. The average molecular weight is 289 g/mol. The van der Waals surface area contributed by atoms with Crippen LogP contribution in [0.5, 0.6) is 0 Å². The Kier molecular flexibility index (Phi) is 4.84. The van der Waals surface area contributed by atoms with E-state index in [4.69, 9.17) is 5.73 Å². The molecule has 0 radical (unpaired) electrons. The molecular weight excluding hydrogens is 269 g/mol. The summed E-state index contributed by atoms with van der Waals surface area (Å²) in [6.07, 6.45) is 0. The van der Waals surface area contributed by atoms with Crippen LogP contribution in [0.1, 0.15) is 35.2 Å². The first kappa shape index (κ1) is 15.1. The van der Waals surface area contributed by atoms with Crippen LogP contribution in [0.2, 0.25) is 0 Å². The van der Waals surface area contributed by atoms with Crippen LogP contribution in [0, 0.1) is 19.7 Å². The van der Waals surface area contributed by atoms with Crippen molar-refractivity contribution in [3.05, 3.63) is 64.5 Å². The second-order valence-electron chi connectivity index (χ2n) is 5.14. The maximum atomic E-state index is 13.7. The fraction of sp³-hybridized carbons (Fsp3) is 0.294. The first-order chi connectivity index (χ1) is 9.49. The molecule has 0 amide bonds. The summed E-state index contributed by atoms with van der Waals surface area (Å²) in [6.45, 7) is 5.79. The van der Waals surface area contributed by atoms with Crippen LogP contribution in [0.3, 0.4) is 0 Å². The molecule has 20 heavy (non-hydrogen) atoms. The standard InChI is InChI=1S/C17H20FNS/c1-11-6-4-5-7-14(11)10-20-17-8-12(2)16(18)9-15(17)13(3)19/h4-9,13H,10,19H2,1-3H3/t13-/m0/s1. The third-order valence-electron chi connectivity index (χ3n) is 3.43. The largest absolute Gasteiger partial charge is 0.324 e. The van der Waals surface area contributed by atoms with Crippen molar-refractivity contribution in [2.24, 2.45) is 5.73 Å². The zero-order chi connectivity index (χ0) is 14.7. The fourth-order valence-corrected chi connectivity index (χ4v) is 3.39. The summed E-state index contributed by atoms with van der Waals surface area (Å²) in [6, 6.07) is 11.6. The molecule has 2 aromatic carbocycles. The van der Waals surface area contributed by atoms with Gasteiger partial charge in [0.2, 0.25) is 0 Å². The van der Waals surface area contributed by atoms with Gasteiger partial charge in [-0.25, -0.2) is 4.39 Å². The smallest absolute Gasteiger partial charge is 0.126 e. The van der Waals surface area contributed by atoms with E-state index < -0.39 is 0 Å². The van der Waals surface area contributed by atoms with E-state index in [-0.39, 0.29) is 11.9 Å². The van der Waals surface area contributed by atoms with Crippen LogP contribution in [0.15, 0.2) is 41.3 Å². The van der Waals surface area contributed by atoms with Gasteiger partial charge in [-0.05, 0) is 55.2 Å². The minimum Gasteiger partial charge on any atom is -0.324 e. The Morgan fingerprint density at radius 3 is 2.50 bits per heavy atom. The fourth-order valence-electron chi connectivity index (χ4n) is 2.08. The van der Waals surface area contributed by atoms with Gasteiger partial charge < -0.3 is 5.73 Å². The molecule has 2 rings (SSSR count). The number of aryl methyl sites for hydroxylation is 2. The van der Waals surface area contributed by atoms with E-state index in [1.807, 2.05) is 25.1 Å². The molecule has 0 aliphatic carbocycles. The minimum atomic E-state index is -0.183. The Labute approximate surface area is 124 Å². The van der Waals surface area contributed by atoms with Gasteiger partial charge in [-0.1, -0.05) is 24.3 Å². The van der Waals surface area contributed by atoms with Crippen molar-refractivity contribution in [1.29, 1.82) is 0 Å². The van der Waals surface area contributed by atoms with E-state index in [1.54, 1.807) is 24.8 Å². The molecule has 0 spiro atoms. The van der Waals surface area contributed by atoms with Crippen molar-refractivity contribution in [2.75, 3.05) is 0 Å². The van der Waals surface area contributed by atoms with Gasteiger partial charge in [0.1, 0.15) is 5.82 Å². The van der Waals surface area contributed by atoms with Gasteiger partial charge in [-0.3, -0.25) is 0 Å². The average Bonchev–Trinajstić information content (AvgIpc) is 2.41. The maximum absolute atomic E-state index is 13.7. The van der Waals surface area contributed by atoms with E-state index >= 15 is 0 Å². The molecule has 3 heteroatoms. The molecule has 0 aliphatic heterocycles. The molecule has 0 heterocycles. The Balaban J connectivity index is 2.25. The highest BCUT2D eigenvalue weighted by molar-refractivity contribution is 7.98. The number of nitrogens with two attached hydrogens (primary N) is 1. The van der Waals surface area contributed by atoms with Gasteiger partial charge in [0.15, 0.2) is 0 Å². The highest BCUT2D eigenvalue weighted by atomic mass is 32.2. The lowest BCUT2D eigenvalue weighted by molar-refractivity contribution is 0.610. The lowest BCUT2D eigenvalue weighted by Gasteiger charge is -2.14. The van der Waals surface area contributed by atoms with Crippen LogP contribution >= 0.6 is 11.8 Å². The zero-order valence-electron chi connectivity index (χ0n) is 12.1. The summed E-state index contributed by atoms with van der Waals surface area (Å²) >= 11 is 1.72. The Bertz CT molecular complexity index is 608. The molecule has 2 N–H and O–H groups in total. The van der Waals surface area contributed by atoms with Gasteiger partial charge in [0.05, 0.1) is 0 Å². The molecule has 0 saturated heterocycles. The van der Waals surface area contributed by atoms with Crippen LogP contribution in [-0.4, -0.2) is 0 Å². The van der Waals surface area contributed by atoms with E-state index in [0.29, 0.717) is 5.56 Å². The van der Waals surface area contributed by atoms with Gasteiger partial charge >= 0.3 is 0 Å². The summed E-state index contributed by atoms with van der Waals surface area (Å²) in [5.41, 5.74) is 10.1. The molecule has 106 valence electrons. The third kappa shape index (κ3) is 3.41. The number of rotatable bonds is 4. The summed E-state index contributed by atoms with van der Waals surface area (Å²) in [5.74, 6) is 0.690. The highest BCUT2D eigenvalue weighted by Crippen LogP contribution is 2.32. The number of benzene rings is 2. The first-order valence-electron chi connectivity index (χ1n) is 6.72. The number of thioether (sulfide) groups is 1. The van der Waals surface area contributed by atoms with E-state index in [1.165, 1.54) is 11.1 Å². The molecular formula is C17H20FNS. The molecule has 0 unspecified atom stereocenters. The molecule has 0 fully saturated rings. The lowest BCUT2D eigenvalue weighted by Crippen LogP contribution is -2.07. The Hall–Kier alpha value is -1.32. The summed E-state index contributed by atoms with van der Waals surface area (Å²) in [4.78, 5) is 1.07. The van der Waals surface area contributed by atoms with Gasteiger partial charge in [0, 0.05) is 16.7 Å². The minimum absolute atomic E-state index is 0.163. The van der Waals surface area contributed by atoms with Crippen molar-refractivity contribution in [3.8, 4) is 0 Å². The Morgan fingerprint density at radius 1 is 1.15 bits per heavy atom. The maximum Gasteiger partial charge on any atom is 0.126 e. The van der Waals surface area contributed by atoms with Crippen LogP contribution in [0.4, 0.5) is 4.39 Å². The van der Waals surface area contributed by atoms with Gasteiger partial charge in [0.25, 0.3) is 0 Å². The number of halogens is 1. The number of hydrogen-bond donors (Lipinski definition) is 1. The van der Waals surface area contributed by atoms with Crippen molar-refractivity contribution in [2.45, 2.75) is 37.5 Å². The highest BCUT2D eigenvalue weighted by Gasteiger charge is 2.12. The van der Waals surface area contributed by atoms with Crippen LogP contribution < -0.4 is 5.73 Å². The van der Waals surface area contributed by atoms with Gasteiger partial charge in [-0.2, -0.15) is 0 Å². The predicted octanol–water partition coefficient (Wildman–Crippen LogP) is 4.75. The summed E-state index contributed by atoms with van der Waals surface area (Å²) < 4.78 is 13.7. The lowest BCUT2D eigenvalue weighted by atomic mass is 10.1. The van der Waals surface area contributed by atoms with Crippen molar-refractivity contribution in [1.82, 2.24) is 0 Å². The molecule has 1 nitrogen and oxygen atoms in total. The molecule has 0 aromatic heterocycles. The van der Waals surface area contributed by atoms with E-state index in [9.17, 15) is 4.39 Å². The molecule has 2 aromatic rings. The van der Waals surface area contributed by atoms with Crippen molar-refractivity contribution in [3.63, 3.8) is 0 Å². The topological polar surface area (TPSA) is 26.0 Å². The second-order valence-corrected chi connectivity index (χ2v) is 6.16. The van der Waals surface area contributed by atoms with Crippen LogP contribution in [0.25, 0.3) is 0 Å². The van der Waals surface area contributed by atoms with Gasteiger partial charge in [-0.15, -0.1) is 11.8 Å². The molecule has 0 aliphatic rings. The quantitative estimate of drug-likeness (QED) is 0.822. The van der Waals surface area contributed by atoms with E-state index in [2.05, 4.69) is 19.1 Å². The van der Waals surface area contributed by atoms with E-state index in [0.717, 1.165) is 16.2 Å².